The molecule has 0 aromatic heterocycles. The summed E-state index contributed by atoms with van der Waals surface area (Å²) in [6.07, 6.45) is 0.459. The summed E-state index contributed by atoms with van der Waals surface area (Å²) in [6.45, 7) is 5.91. The molecule has 10 heteroatoms. The molecule has 0 aliphatic carbocycles. The van der Waals surface area contributed by atoms with Gasteiger partial charge in [0.05, 0.1) is 19.2 Å². The number of amides is 3. The summed E-state index contributed by atoms with van der Waals surface area (Å²) in [7, 11) is 0. The highest BCUT2D eigenvalue weighted by Crippen LogP contribution is 2.03. The van der Waals surface area contributed by atoms with Crippen LogP contribution in [-0.4, -0.2) is 65.2 Å². The molecule has 7 N–H and O–H groups in total. The summed E-state index contributed by atoms with van der Waals surface area (Å²) in [6, 6.07) is -3.23. The van der Waals surface area contributed by atoms with Crippen molar-refractivity contribution in [2.45, 2.75) is 52.2 Å². The Morgan fingerprint density at radius 1 is 1.00 bits per heavy atom. The number of hydrogen-bond donors (Lipinski definition) is 6. The first-order valence-electron chi connectivity index (χ1n) is 8.46. The lowest BCUT2D eigenvalue weighted by molar-refractivity contribution is -0.143. The van der Waals surface area contributed by atoms with Crippen LogP contribution in [0.2, 0.25) is 0 Å². The van der Waals surface area contributed by atoms with E-state index in [0.717, 1.165) is 0 Å². The third-order valence-electron chi connectivity index (χ3n) is 3.55. The highest BCUT2D eigenvalue weighted by molar-refractivity contribution is 5.92. The van der Waals surface area contributed by atoms with E-state index in [0.29, 0.717) is 6.42 Å². The highest BCUT2D eigenvalue weighted by Gasteiger charge is 2.28. The van der Waals surface area contributed by atoms with Gasteiger partial charge in [0, 0.05) is 0 Å². The predicted molar refractivity (Wildman–Crippen MR) is 93.9 cm³/mol. The van der Waals surface area contributed by atoms with Gasteiger partial charge < -0.3 is 31.9 Å². The second-order valence-electron chi connectivity index (χ2n) is 6.83. The number of aliphatic hydroxyl groups excluding tert-OH is 1. The number of rotatable bonds is 11. The number of nitrogens with one attached hydrogen (secondary N) is 3. The molecule has 0 aromatic carbocycles. The first kappa shape index (κ1) is 23.8. The van der Waals surface area contributed by atoms with Gasteiger partial charge in [0.15, 0.2) is 0 Å². The lowest BCUT2D eigenvalue weighted by atomic mass is 10.0. The van der Waals surface area contributed by atoms with Crippen LogP contribution in [0.1, 0.15) is 34.1 Å². The fourth-order valence-corrected chi connectivity index (χ4v) is 2.12. The molecule has 3 amide bonds. The SMILES string of the molecule is CC(C)CC(N)C(=O)NCC(=O)NC(CO)C(=O)NC(C(=O)O)C(C)C. The molecule has 0 saturated heterocycles. The van der Waals surface area contributed by atoms with Crippen LogP contribution in [0.15, 0.2) is 0 Å². The average Bonchev–Trinajstić information content (AvgIpc) is 2.53. The lowest BCUT2D eigenvalue weighted by Crippen LogP contribution is -2.56. The van der Waals surface area contributed by atoms with Gasteiger partial charge in [-0.05, 0) is 18.3 Å². The number of carboxylic acids is 1. The zero-order chi connectivity index (χ0) is 20.4. The maximum Gasteiger partial charge on any atom is 0.326 e. The van der Waals surface area contributed by atoms with Gasteiger partial charge in [-0.1, -0.05) is 27.7 Å². The third-order valence-corrected chi connectivity index (χ3v) is 3.55. The standard InChI is InChI=1S/C16H30N4O6/c1-8(2)5-10(17)14(23)18-6-12(22)19-11(7-21)15(24)20-13(9(3)4)16(25)26/h8-11,13,21H,5-7,17H2,1-4H3,(H,18,23)(H,19,22)(H,20,24)(H,25,26). The Hall–Kier alpha value is -2.20. The van der Waals surface area contributed by atoms with Gasteiger partial charge in [-0.2, -0.15) is 0 Å². The van der Waals surface area contributed by atoms with Gasteiger partial charge >= 0.3 is 5.97 Å². The van der Waals surface area contributed by atoms with Crippen molar-refractivity contribution in [1.82, 2.24) is 16.0 Å². The van der Waals surface area contributed by atoms with Crippen LogP contribution in [0.4, 0.5) is 0 Å². The molecule has 150 valence electrons. The monoisotopic (exact) mass is 374 g/mol. The third kappa shape index (κ3) is 8.77. The normalized spacial score (nSPS) is 14.5. The molecule has 3 unspecified atom stereocenters. The topological polar surface area (TPSA) is 171 Å². The van der Waals surface area contributed by atoms with Crippen LogP contribution < -0.4 is 21.7 Å². The van der Waals surface area contributed by atoms with E-state index in [1.165, 1.54) is 0 Å². The summed E-state index contributed by atoms with van der Waals surface area (Å²) in [5.74, 6) is -3.42. The molecule has 0 rings (SSSR count). The van der Waals surface area contributed by atoms with Gasteiger partial charge in [-0.15, -0.1) is 0 Å². The molecular formula is C16H30N4O6. The van der Waals surface area contributed by atoms with Gasteiger partial charge in [-0.25, -0.2) is 4.79 Å². The van der Waals surface area contributed by atoms with Crippen molar-refractivity contribution in [3.63, 3.8) is 0 Å². The number of carboxylic acid groups (broad SMARTS) is 1. The number of hydrogen-bond acceptors (Lipinski definition) is 6. The van der Waals surface area contributed by atoms with Crippen LogP contribution in [-0.2, 0) is 19.2 Å². The molecule has 0 aliphatic rings. The van der Waals surface area contributed by atoms with E-state index in [1.54, 1.807) is 13.8 Å². The number of carbonyl (C=O) groups excluding carboxylic acids is 3. The van der Waals surface area contributed by atoms with Crippen molar-refractivity contribution in [2.24, 2.45) is 17.6 Å². The minimum absolute atomic E-state index is 0.218. The molecule has 0 heterocycles. The Bertz CT molecular complexity index is 509. The Balaban J connectivity index is 4.57. The van der Waals surface area contributed by atoms with Crippen LogP contribution in [0, 0.1) is 11.8 Å². The van der Waals surface area contributed by atoms with Crippen molar-refractivity contribution in [1.29, 1.82) is 0 Å². The zero-order valence-electron chi connectivity index (χ0n) is 15.6. The van der Waals surface area contributed by atoms with E-state index in [1.807, 2.05) is 13.8 Å². The Kier molecular flexibility index (Phi) is 10.5. The largest absolute Gasteiger partial charge is 0.480 e. The van der Waals surface area contributed by atoms with E-state index in [9.17, 15) is 24.3 Å². The van der Waals surface area contributed by atoms with E-state index in [2.05, 4.69) is 16.0 Å². The molecule has 10 nitrogen and oxygen atoms in total. The highest BCUT2D eigenvalue weighted by atomic mass is 16.4. The number of aliphatic carboxylic acids is 1. The van der Waals surface area contributed by atoms with E-state index in [4.69, 9.17) is 10.8 Å². The van der Waals surface area contributed by atoms with Crippen molar-refractivity contribution >= 4 is 23.7 Å². The number of carbonyl (C=O) groups is 4. The van der Waals surface area contributed by atoms with Crippen LogP contribution in [0.5, 0.6) is 0 Å². The number of nitrogens with two attached hydrogens (primary N) is 1. The quantitative estimate of drug-likeness (QED) is 0.247. The molecule has 3 atom stereocenters. The van der Waals surface area contributed by atoms with Crippen molar-refractivity contribution < 1.29 is 29.4 Å². The maximum atomic E-state index is 12.0. The van der Waals surface area contributed by atoms with Crippen molar-refractivity contribution in [3.8, 4) is 0 Å². The molecule has 0 fully saturated rings. The molecule has 26 heavy (non-hydrogen) atoms. The summed E-state index contributed by atoms with van der Waals surface area (Å²) < 4.78 is 0. The first-order chi connectivity index (χ1) is 12.0. The van der Waals surface area contributed by atoms with E-state index < -0.39 is 55.0 Å². The van der Waals surface area contributed by atoms with Gasteiger partial charge in [0.2, 0.25) is 17.7 Å². The predicted octanol–water partition coefficient (Wildman–Crippen LogP) is -1.82. The Morgan fingerprint density at radius 2 is 1.58 bits per heavy atom. The van der Waals surface area contributed by atoms with Crippen molar-refractivity contribution in [2.75, 3.05) is 13.2 Å². The Morgan fingerprint density at radius 3 is 2.00 bits per heavy atom. The minimum atomic E-state index is -1.33. The lowest BCUT2D eigenvalue weighted by Gasteiger charge is -2.22. The fraction of sp³-hybridized carbons (Fsp3) is 0.750. The summed E-state index contributed by atoms with van der Waals surface area (Å²) in [5, 5.41) is 25.2. The second kappa shape index (κ2) is 11.4. The average molecular weight is 374 g/mol. The fourth-order valence-electron chi connectivity index (χ4n) is 2.12. The van der Waals surface area contributed by atoms with E-state index >= 15 is 0 Å². The van der Waals surface area contributed by atoms with Crippen molar-refractivity contribution in [3.05, 3.63) is 0 Å². The summed E-state index contributed by atoms with van der Waals surface area (Å²) in [5.41, 5.74) is 5.69. The summed E-state index contributed by atoms with van der Waals surface area (Å²) in [4.78, 5) is 46.7. The zero-order valence-corrected chi connectivity index (χ0v) is 15.6. The smallest absolute Gasteiger partial charge is 0.326 e. The summed E-state index contributed by atoms with van der Waals surface area (Å²) >= 11 is 0. The van der Waals surface area contributed by atoms with Crippen LogP contribution in [0.3, 0.4) is 0 Å². The molecule has 0 spiro atoms. The van der Waals surface area contributed by atoms with Gasteiger partial charge in [-0.3, -0.25) is 14.4 Å². The molecule has 0 saturated carbocycles. The Labute approximate surface area is 152 Å². The molecule has 0 aromatic rings. The van der Waals surface area contributed by atoms with Crippen LogP contribution >= 0.6 is 0 Å². The minimum Gasteiger partial charge on any atom is -0.480 e. The maximum absolute atomic E-state index is 12.0. The molecule has 0 radical (unpaired) electrons. The van der Waals surface area contributed by atoms with Crippen LogP contribution in [0.25, 0.3) is 0 Å². The van der Waals surface area contributed by atoms with E-state index in [-0.39, 0.29) is 11.8 Å². The first-order valence-corrected chi connectivity index (χ1v) is 8.46. The molecule has 0 aliphatic heterocycles. The molecular weight excluding hydrogens is 344 g/mol. The second-order valence-corrected chi connectivity index (χ2v) is 6.83. The molecule has 0 bridgehead atoms. The van der Waals surface area contributed by atoms with Gasteiger partial charge in [0.25, 0.3) is 0 Å². The van der Waals surface area contributed by atoms with Gasteiger partial charge in [0.1, 0.15) is 12.1 Å². The number of aliphatic hydroxyl groups is 1.